The second-order valence-corrected chi connectivity index (χ2v) is 8.16. The third-order valence-electron chi connectivity index (χ3n) is 5.18. The minimum Gasteiger partial charge on any atom is -0.438 e. The van der Waals surface area contributed by atoms with Gasteiger partial charge in [0.2, 0.25) is 17.6 Å². The maximum Gasteiger partial charge on any atom is 0.288 e. The number of benzene rings is 1. The van der Waals surface area contributed by atoms with Crippen LogP contribution in [0.5, 0.6) is 34.9 Å². The third-order valence-corrected chi connectivity index (χ3v) is 5.18. The number of aromatic nitrogens is 3. The first-order valence-corrected chi connectivity index (χ1v) is 11.0. The number of nitrogens with zero attached hydrogens (tertiary/aromatic N) is 6. The van der Waals surface area contributed by atoms with E-state index >= 15 is 0 Å². The summed E-state index contributed by atoms with van der Waals surface area (Å²) < 4.78 is 17.5. The van der Waals surface area contributed by atoms with Crippen LogP contribution in [0.4, 0.5) is 17.1 Å². The van der Waals surface area contributed by atoms with E-state index in [9.17, 15) is 30.3 Å². The minimum atomic E-state index is -0.580. The molecule has 0 saturated carbocycles. The normalized spacial score (nSPS) is 10.5. The summed E-state index contributed by atoms with van der Waals surface area (Å²) in [5, 5.41) is 33.1. The lowest BCUT2D eigenvalue weighted by atomic mass is 10.2. The summed E-state index contributed by atoms with van der Waals surface area (Å²) >= 11 is 0. The summed E-state index contributed by atoms with van der Waals surface area (Å²) in [7, 11) is 0. The Kier molecular flexibility index (Phi) is 7.23. The van der Waals surface area contributed by atoms with Gasteiger partial charge in [-0.1, -0.05) is 0 Å². The van der Waals surface area contributed by atoms with E-state index in [1.807, 2.05) is 0 Å². The Morgan fingerprint density at radius 1 is 0.513 bits per heavy atom. The fourth-order valence-corrected chi connectivity index (χ4v) is 3.32. The van der Waals surface area contributed by atoms with E-state index in [2.05, 4.69) is 15.0 Å². The predicted octanol–water partition coefficient (Wildman–Crippen LogP) is 5.90. The van der Waals surface area contributed by atoms with Gasteiger partial charge in [0, 0.05) is 53.1 Å². The number of aryl methyl sites for hydroxylation is 3. The van der Waals surface area contributed by atoms with Gasteiger partial charge >= 0.3 is 0 Å². The van der Waals surface area contributed by atoms with Gasteiger partial charge in [0.25, 0.3) is 17.1 Å². The second kappa shape index (κ2) is 10.7. The molecule has 1 aromatic carbocycles. The average Bonchev–Trinajstić information content (AvgIpc) is 2.87. The molecule has 0 fully saturated rings. The van der Waals surface area contributed by atoms with E-state index in [1.165, 1.54) is 36.4 Å². The summed E-state index contributed by atoms with van der Waals surface area (Å²) in [5.41, 5.74) is 0.539. The van der Waals surface area contributed by atoms with Crippen LogP contribution in [-0.4, -0.2) is 29.7 Å². The summed E-state index contributed by atoms with van der Waals surface area (Å²) in [5.74, 6) is 0.720. The molecule has 0 unspecified atom stereocenters. The van der Waals surface area contributed by atoms with Crippen molar-refractivity contribution in [2.75, 3.05) is 0 Å². The highest BCUT2D eigenvalue weighted by molar-refractivity contribution is 5.49. The highest BCUT2D eigenvalue weighted by Crippen LogP contribution is 2.37. The molecule has 0 amide bonds. The molecule has 0 N–H and O–H groups in total. The summed E-state index contributed by atoms with van der Waals surface area (Å²) in [6, 6.07) is 8.30. The van der Waals surface area contributed by atoms with Crippen molar-refractivity contribution in [2.24, 2.45) is 0 Å². The quantitative estimate of drug-likeness (QED) is 0.182. The Morgan fingerprint density at radius 2 is 0.769 bits per heavy atom. The van der Waals surface area contributed by atoms with Gasteiger partial charge in [-0.25, -0.2) is 15.0 Å². The lowest BCUT2D eigenvalue weighted by molar-refractivity contribution is -0.385. The van der Waals surface area contributed by atoms with Gasteiger partial charge in [0.1, 0.15) is 35.8 Å². The highest BCUT2D eigenvalue weighted by atomic mass is 16.6. The van der Waals surface area contributed by atoms with Gasteiger partial charge < -0.3 is 14.2 Å². The SMILES string of the molecule is Cc1cc([N+](=O)[O-])cnc1Oc1cc(Oc2ncc([N+](=O)[O-])cc2C)cc(Oc2ncc([N+](=O)[O-])cc2C)c1. The smallest absolute Gasteiger partial charge is 0.288 e. The molecule has 4 aromatic rings. The maximum atomic E-state index is 11.0. The Balaban J connectivity index is 1.71. The van der Waals surface area contributed by atoms with E-state index < -0.39 is 14.8 Å². The van der Waals surface area contributed by atoms with Crippen LogP contribution < -0.4 is 14.2 Å². The van der Waals surface area contributed by atoms with Crippen molar-refractivity contribution in [1.82, 2.24) is 15.0 Å². The van der Waals surface area contributed by atoms with Gasteiger partial charge in [-0.2, -0.15) is 0 Å². The first-order valence-electron chi connectivity index (χ1n) is 11.0. The molecule has 3 heterocycles. The lowest BCUT2D eigenvalue weighted by Crippen LogP contribution is -1.98. The average molecular weight is 534 g/mol. The molecule has 0 radical (unpaired) electrons. The zero-order valence-corrected chi connectivity index (χ0v) is 20.6. The topological polar surface area (TPSA) is 196 Å². The van der Waals surface area contributed by atoms with Crippen molar-refractivity contribution in [3.63, 3.8) is 0 Å². The van der Waals surface area contributed by atoms with E-state index in [1.54, 1.807) is 20.8 Å². The molecule has 4 rings (SSSR count). The summed E-state index contributed by atoms with van der Waals surface area (Å²) in [4.78, 5) is 43.4. The molecular formula is C24H18N6O9. The predicted molar refractivity (Wildman–Crippen MR) is 134 cm³/mol. The zero-order chi connectivity index (χ0) is 28.3. The number of hydrogen-bond acceptors (Lipinski definition) is 12. The van der Waals surface area contributed by atoms with E-state index in [4.69, 9.17) is 14.2 Å². The minimum absolute atomic E-state index is 0.0815. The fourth-order valence-electron chi connectivity index (χ4n) is 3.32. The van der Waals surface area contributed by atoms with Crippen LogP contribution >= 0.6 is 0 Å². The second-order valence-electron chi connectivity index (χ2n) is 8.16. The van der Waals surface area contributed by atoms with Crippen molar-refractivity contribution >= 4 is 17.1 Å². The van der Waals surface area contributed by atoms with E-state index in [-0.39, 0.29) is 52.0 Å². The molecule has 39 heavy (non-hydrogen) atoms. The van der Waals surface area contributed by atoms with Crippen molar-refractivity contribution in [1.29, 1.82) is 0 Å². The standard InChI is InChI=1S/C24H18N6O9/c1-13-4-16(28(31)32)10-25-22(13)37-19-7-20(38-23-14(2)5-17(11-26-23)29(33)34)9-21(8-19)39-24-15(3)6-18(12-27-24)30(35)36/h4-12H,1-3H3. The van der Waals surface area contributed by atoms with Gasteiger partial charge in [0.05, 0.1) is 14.8 Å². The van der Waals surface area contributed by atoms with Crippen molar-refractivity contribution in [3.8, 4) is 34.9 Å². The molecule has 0 bridgehead atoms. The summed E-state index contributed by atoms with van der Waals surface area (Å²) in [6.07, 6.45) is 3.15. The number of rotatable bonds is 9. The van der Waals surface area contributed by atoms with Crippen LogP contribution in [0.2, 0.25) is 0 Å². The maximum absolute atomic E-state index is 11.0. The van der Waals surface area contributed by atoms with Crippen LogP contribution in [0.3, 0.4) is 0 Å². The molecule has 0 aliphatic carbocycles. The van der Waals surface area contributed by atoms with Gasteiger partial charge in [-0.15, -0.1) is 0 Å². The molecule has 3 aromatic heterocycles. The van der Waals surface area contributed by atoms with Crippen LogP contribution in [0.15, 0.2) is 55.0 Å². The van der Waals surface area contributed by atoms with Crippen molar-refractivity contribution in [3.05, 3.63) is 102 Å². The Morgan fingerprint density at radius 3 is 0.974 bits per heavy atom. The highest BCUT2D eigenvalue weighted by Gasteiger charge is 2.17. The molecule has 0 saturated heterocycles. The van der Waals surface area contributed by atoms with Crippen molar-refractivity contribution < 1.29 is 29.0 Å². The largest absolute Gasteiger partial charge is 0.438 e. The lowest BCUT2D eigenvalue weighted by Gasteiger charge is -2.14. The third kappa shape index (κ3) is 6.16. The Bertz CT molecular complexity index is 1420. The van der Waals surface area contributed by atoms with Crippen LogP contribution in [0, 0.1) is 51.1 Å². The Labute approximate surface area is 219 Å². The van der Waals surface area contributed by atoms with Gasteiger partial charge in [-0.3, -0.25) is 30.3 Å². The van der Waals surface area contributed by atoms with Gasteiger partial charge in [-0.05, 0) is 20.8 Å². The first kappa shape index (κ1) is 26.3. The van der Waals surface area contributed by atoms with E-state index in [0.29, 0.717) is 16.7 Å². The fraction of sp³-hybridized carbons (Fsp3) is 0.125. The summed E-state index contributed by atoms with van der Waals surface area (Å²) in [6.45, 7) is 4.75. The molecule has 15 heteroatoms. The van der Waals surface area contributed by atoms with Gasteiger partial charge in [0.15, 0.2) is 0 Å². The molecular weight excluding hydrogens is 516 g/mol. The van der Waals surface area contributed by atoms with E-state index in [0.717, 1.165) is 18.6 Å². The number of pyridine rings is 3. The number of hydrogen-bond donors (Lipinski definition) is 0. The monoisotopic (exact) mass is 534 g/mol. The number of nitro groups is 3. The Hall–Kier alpha value is -5.73. The zero-order valence-electron chi connectivity index (χ0n) is 20.6. The molecule has 0 spiro atoms. The molecule has 15 nitrogen and oxygen atoms in total. The number of ether oxygens (including phenoxy) is 3. The first-order chi connectivity index (χ1) is 18.5. The molecule has 0 atom stereocenters. The molecule has 0 aliphatic heterocycles. The van der Waals surface area contributed by atoms with Crippen molar-refractivity contribution in [2.45, 2.75) is 20.8 Å². The van der Waals surface area contributed by atoms with Crippen LogP contribution in [-0.2, 0) is 0 Å². The molecule has 198 valence electrons. The molecule has 0 aliphatic rings. The van der Waals surface area contributed by atoms with Crippen LogP contribution in [0.25, 0.3) is 0 Å². The van der Waals surface area contributed by atoms with Crippen LogP contribution in [0.1, 0.15) is 16.7 Å².